The number of pyridine rings is 1. The van der Waals surface area contributed by atoms with Gasteiger partial charge in [0.2, 0.25) is 0 Å². The lowest BCUT2D eigenvalue weighted by molar-refractivity contribution is -0.0989. The fraction of sp³-hybridized carbons (Fsp3) is 0.537. The van der Waals surface area contributed by atoms with Gasteiger partial charge in [-0.2, -0.15) is 9.97 Å². The van der Waals surface area contributed by atoms with Crippen molar-refractivity contribution in [3.8, 4) is 17.3 Å². The highest BCUT2D eigenvalue weighted by atomic mass is 19.1. The molecule has 12 nitrogen and oxygen atoms in total. The van der Waals surface area contributed by atoms with Crippen molar-refractivity contribution in [2.45, 2.75) is 109 Å². The summed E-state index contributed by atoms with van der Waals surface area (Å²) in [6.07, 6.45) is 1.40. The van der Waals surface area contributed by atoms with E-state index in [1.165, 1.54) is 0 Å². The van der Waals surface area contributed by atoms with Gasteiger partial charge in [-0.1, -0.05) is 24.3 Å². The Morgan fingerprint density at radius 1 is 0.873 bits per heavy atom. The van der Waals surface area contributed by atoms with Crippen LogP contribution in [0.15, 0.2) is 42.5 Å². The summed E-state index contributed by atoms with van der Waals surface area (Å²) in [7, 11) is 0. The van der Waals surface area contributed by atoms with E-state index < -0.39 is 35.5 Å². The zero-order valence-corrected chi connectivity index (χ0v) is 32.3. The predicted molar refractivity (Wildman–Crippen MR) is 205 cm³/mol. The Morgan fingerprint density at radius 3 is 2.31 bits per heavy atom. The number of amides is 2. The second-order valence-corrected chi connectivity index (χ2v) is 17.3. The Morgan fingerprint density at radius 2 is 1.60 bits per heavy atom. The van der Waals surface area contributed by atoms with Crippen LogP contribution in [0, 0.1) is 11.7 Å². The van der Waals surface area contributed by atoms with Gasteiger partial charge in [-0.15, -0.1) is 0 Å². The topological polar surface area (TPSA) is 122 Å². The van der Waals surface area contributed by atoms with Crippen LogP contribution in [0.25, 0.3) is 32.9 Å². The molecule has 292 valence electrons. The van der Waals surface area contributed by atoms with Gasteiger partial charge in [-0.25, -0.2) is 23.4 Å². The first-order valence-electron chi connectivity index (χ1n) is 19.3. The molecule has 4 bridgehead atoms. The number of fused-ring (bicyclic) bond motifs is 6. The molecule has 4 aliphatic heterocycles. The van der Waals surface area contributed by atoms with E-state index in [1.807, 2.05) is 54.8 Å². The van der Waals surface area contributed by atoms with Crippen molar-refractivity contribution in [1.82, 2.24) is 24.8 Å². The van der Waals surface area contributed by atoms with Gasteiger partial charge < -0.3 is 19.1 Å². The van der Waals surface area contributed by atoms with E-state index in [0.717, 1.165) is 31.1 Å². The smallest absolute Gasteiger partial charge is 0.413 e. The van der Waals surface area contributed by atoms with Crippen LogP contribution in [0.3, 0.4) is 0 Å². The number of piperazine rings is 1. The normalized spacial score (nSPS) is 25.2. The van der Waals surface area contributed by atoms with Gasteiger partial charge >= 0.3 is 18.2 Å². The third-order valence-electron chi connectivity index (χ3n) is 10.8. The minimum atomic E-state index is -0.933. The van der Waals surface area contributed by atoms with Crippen molar-refractivity contribution in [2.24, 2.45) is 5.92 Å². The number of ether oxygens (including phenoxy) is 3. The Balaban J connectivity index is 1.21. The van der Waals surface area contributed by atoms with Crippen LogP contribution in [0.4, 0.5) is 30.0 Å². The van der Waals surface area contributed by atoms with Crippen LogP contribution in [-0.2, 0) is 9.47 Å². The van der Waals surface area contributed by atoms with Crippen LogP contribution < -0.4 is 15.0 Å². The van der Waals surface area contributed by atoms with Gasteiger partial charge in [0.05, 0.1) is 17.8 Å². The van der Waals surface area contributed by atoms with Crippen molar-refractivity contribution in [1.29, 1.82) is 0 Å². The van der Waals surface area contributed by atoms with E-state index in [2.05, 4.69) is 10.2 Å². The van der Waals surface area contributed by atoms with Gasteiger partial charge in [-0.3, -0.25) is 15.1 Å². The number of halogens is 2. The van der Waals surface area contributed by atoms with Crippen LogP contribution in [0.2, 0.25) is 0 Å². The largest absolute Gasteiger partial charge is 0.444 e. The molecule has 4 unspecified atom stereocenters. The average molecular weight is 758 g/mol. The van der Waals surface area contributed by atoms with Gasteiger partial charge in [0, 0.05) is 48.4 Å². The van der Waals surface area contributed by atoms with Crippen molar-refractivity contribution in [3.63, 3.8) is 0 Å². The number of alkyl halides is 1. The summed E-state index contributed by atoms with van der Waals surface area (Å²) >= 11 is 0. The maximum Gasteiger partial charge on any atom is 0.413 e. The molecule has 4 saturated heterocycles. The van der Waals surface area contributed by atoms with E-state index in [4.69, 9.17) is 29.2 Å². The molecule has 14 heteroatoms. The number of carbonyl (C=O) groups is 2. The number of anilines is 2. The van der Waals surface area contributed by atoms with Gasteiger partial charge in [-0.05, 0) is 97.2 Å². The quantitative estimate of drug-likeness (QED) is 0.214. The molecule has 0 radical (unpaired) electrons. The number of hydrogen-bond donors (Lipinski definition) is 1. The van der Waals surface area contributed by atoms with E-state index in [0.29, 0.717) is 48.3 Å². The molecule has 1 N–H and O–H groups in total. The lowest BCUT2D eigenvalue weighted by Crippen LogP contribution is -2.57. The number of hydrogen-bond acceptors (Lipinski definition) is 10. The Kier molecular flexibility index (Phi) is 9.46. The molecule has 2 aromatic carbocycles. The number of nitrogens with one attached hydrogen (secondary N) is 1. The lowest BCUT2D eigenvalue weighted by atomic mass is 9.86. The summed E-state index contributed by atoms with van der Waals surface area (Å²) < 4.78 is 49.8. The number of aromatic nitrogens is 3. The number of carbonyl (C=O) groups excluding carboxylic acids is 2. The highest BCUT2D eigenvalue weighted by Crippen LogP contribution is 2.41. The first-order valence-corrected chi connectivity index (χ1v) is 19.3. The minimum Gasteiger partial charge on any atom is -0.444 e. The van der Waals surface area contributed by atoms with E-state index in [-0.39, 0.29) is 53.5 Å². The van der Waals surface area contributed by atoms with Crippen LogP contribution in [0.1, 0.15) is 73.6 Å². The molecule has 6 atom stereocenters. The number of benzene rings is 2. The molecule has 0 spiro atoms. The second kappa shape index (κ2) is 14.0. The Labute approximate surface area is 319 Å². The van der Waals surface area contributed by atoms with Crippen LogP contribution in [0.5, 0.6) is 6.01 Å². The Hall–Kier alpha value is -4.85. The molecule has 0 saturated carbocycles. The average Bonchev–Trinajstić information content (AvgIpc) is 3.36. The van der Waals surface area contributed by atoms with E-state index in [9.17, 15) is 14.0 Å². The predicted octanol–water partition coefficient (Wildman–Crippen LogP) is 8.08. The SMILES string of the molecule is CC(C)(C)OC(=O)Nc1cc2ccccc2c(-c2ccc3c(N4CC5CCC(C4)N5C(=O)OC(C)(C)C)nc(OC4[C@@H]5CCCN4C[C@H](F)C5)nc3c2F)n1. The van der Waals surface area contributed by atoms with Gasteiger partial charge in [0.25, 0.3) is 0 Å². The number of nitrogens with zero attached hydrogens (tertiary/aromatic N) is 6. The number of rotatable bonds is 5. The first kappa shape index (κ1) is 37.1. The third-order valence-corrected chi connectivity index (χ3v) is 10.8. The summed E-state index contributed by atoms with van der Waals surface area (Å²) in [6.45, 7) is 12.8. The van der Waals surface area contributed by atoms with Crippen molar-refractivity contribution >= 4 is 45.5 Å². The maximum absolute atomic E-state index is 17.3. The standard InChI is InChI=1S/C41H49F2N7O5/c1-40(2,3)54-38(51)45-31-19-23-10-7-8-12-28(23)33(44-31)29-15-16-30-34(32(29)43)46-37(53-36-24-11-9-17-48(36)20-25(42)18-24)47-35(30)49-21-26-13-14-27(22-49)50(26)39(52)55-41(4,5)6/h7-8,10,12,15-16,19,24-27,36H,9,11,13-14,17-18,20-22H2,1-6H3,(H,44,45,51)/t24-,25-,26?,27?,36?/m1/s1. The monoisotopic (exact) mass is 757 g/mol. The molecule has 4 aromatic rings. The molecule has 55 heavy (non-hydrogen) atoms. The highest BCUT2D eigenvalue weighted by Gasteiger charge is 2.46. The molecule has 2 aromatic heterocycles. The molecule has 8 rings (SSSR count). The first-order chi connectivity index (χ1) is 26.1. The Bertz CT molecular complexity index is 2110. The number of piperidine rings is 2. The summed E-state index contributed by atoms with van der Waals surface area (Å²) in [5.41, 5.74) is -0.805. The lowest BCUT2D eigenvalue weighted by Gasteiger charge is -2.45. The molecular formula is C41H49F2N7O5. The van der Waals surface area contributed by atoms with E-state index in [1.54, 1.807) is 39.0 Å². The minimum absolute atomic E-state index is 0.0119. The third kappa shape index (κ3) is 7.57. The van der Waals surface area contributed by atoms with Gasteiger partial charge in [0.1, 0.15) is 34.5 Å². The second-order valence-electron chi connectivity index (χ2n) is 17.3. The summed E-state index contributed by atoms with van der Waals surface area (Å²) in [5, 5.41) is 4.62. The summed E-state index contributed by atoms with van der Waals surface area (Å²) in [6, 6.07) is 12.4. The molecule has 4 fully saturated rings. The molecule has 4 aliphatic rings. The van der Waals surface area contributed by atoms with Crippen molar-refractivity contribution in [3.05, 3.63) is 48.3 Å². The van der Waals surface area contributed by atoms with E-state index >= 15 is 4.39 Å². The van der Waals surface area contributed by atoms with Gasteiger partial charge in [0.15, 0.2) is 12.0 Å². The molecule has 2 amide bonds. The van der Waals surface area contributed by atoms with Crippen molar-refractivity contribution < 1.29 is 32.6 Å². The summed E-state index contributed by atoms with van der Waals surface area (Å²) in [4.78, 5) is 46.4. The highest BCUT2D eigenvalue weighted by molar-refractivity contribution is 6.01. The zero-order chi connectivity index (χ0) is 38.8. The fourth-order valence-electron chi connectivity index (χ4n) is 8.66. The van der Waals surface area contributed by atoms with Crippen molar-refractivity contribution in [2.75, 3.05) is 36.4 Å². The zero-order valence-electron chi connectivity index (χ0n) is 32.3. The fourth-order valence-corrected chi connectivity index (χ4v) is 8.66. The molecule has 0 aliphatic carbocycles. The van der Waals surface area contributed by atoms with Crippen LogP contribution in [-0.4, -0.2) is 98.8 Å². The van der Waals surface area contributed by atoms with Crippen LogP contribution >= 0.6 is 0 Å². The molecular weight excluding hydrogens is 708 g/mol. The maximum atomic E-state index is 17.3. The molecule has 6 heterocycles. The summed E-state index contributed by atoms with van der Waals surface area (Å²) in [5.74, 6) is 0.0442.